The lowest BCUT2D eigenvalue weighted by Gasteiger charge is -2.25. The highest BCUT2D eigenvalue weighted by Crippen LogP contribution is 2.21. The average molecular weight is 272 g/mol. The van der Waals surface area contributed by atoms with Crippen LogP contribution in [0.5, 0.6) is 5.75 Å². The zero-order chi connectivity index (χ0) is 13.8. The Labute approximate surface area is 112 Å². The Balaban J connectivity index is 2.74. The first-order valence-corrected chi connectivity index (χ1v) is 6.28. The van der Waals surface area contributed by atoms with Gasteiger partial charge in [0.15, 0.2) is 0 Å². The number of rotatable bonds is 5. The van der Waals surface area contributed by atoms with Crippen LogP contribution in [0.15, 0.2) is 18.2 Å². The number of hydrogen-bond donors (Lipinski definition) is 3. The fourth-order valence-electron chi connectivity index (χ4n) is 1.53. The lowest BCUT2D eigenvalue weighted by atomic mass is 9.97. The molecule has 1 amide bonds. The minimum Gasteiger partial charge on any atom is -0.507 e. The molecule has 0 radical (unpaired) electrons. The zero-order valence-electron chi connectivity index (χ0n) is 10.5. The molecule has 0 bridgehead atoms. The van der Waals surface area contributed by atoms with Crippen molar-refractivity contribution in [3.63, 3.8) is 0 Å². The van der Waals surface area contributed by atoms with E-state index < -0.39 is 11.5 Å². The molecule has 1 aromatic carbocycles. The molecule has 1 rings (SSSR count). The van der Waals surface area contributed by atoms with Crippen molar-refractivity contribution in [2.24, 2.45) is 0 Å². The van der Waals surface area contributed by atoms with Crippen LogP contribution in [0.1, 0.15) is 37.0 Å². The van der Waals surface area contributed by atoms with Gasteiger partial charge in [-0.25, -0.2) is 0 Å². The van der Waals surface area contributed by atoms with Crippen LogP contribution < -0.4 is 5.32 Å². The Morgan fingerprint density at radius 3 is 2.56 bits per heavy atom. The number of carbonyl (C=O) groups is 1. The number of carbonyl (C=O) groups excluding carboxylic acids is 1. The number of aliphatic hydroxyl groups is 1. The molecule has 0 aliphatic rings. The highest BCUT2D eigenvalue weighted by atomic mass is 35.5. The summed E-state index contributed by atoms with van der Waals surface area (Å²) in [5.74, 6) is -0.580. The number of nitrogens with one attached hydrogen (secondary N) is 1. The third-order valence-corrected chi connectivity index (χ3v) is 3.33. The number of amides is 1. The normalized spacial score (nSPS) is 11.3. The minimum atomic E-state index is -0.913. The van der Waals surface area contributed by atoms with Crippen LogP contribution in [0.4, 0.5) is 0 Å². The van der Waals surface area contributed by atoms with E-state index in [-0.39, 0.29) is 17.9 Å². The van der Waals surface area contributed by atoms with Gasteiger partial charge in [-0.15, -0.1) is 0 Å². The van der Waals surface area contributed by atoms with Crippen molar-refractivity contribution in [2.45, 2.75) is 32.3 Å². The summed E-state index contributed by atoms with van der Waals surface area (Å²) in [5, 5.41) is 22.6. The van der Waals surface area contributed by atoms with E-state index in [2.05, 4.69) is 5.32 Å². The van der Waals surface area contributed by atoms with E-state index in [1.807, 2.05) is 13.8 Å². The van der Waals surface area contributed by atoms with Gasteiger partial charge in [-0.05, 0) is 31.0 Å². The van der Waals surface area contributed by atoms with Crippen molar-refractivity contribution in [3.8, 4) is 5.75 Å². The largest absolute Gasteiger partial charge is 0.507 e. The van der Waals surface area contributed by atoms with Crippen LogP contribution in [0.25, 0.3) is 0 Å². The SMILES string of the molecule is CCC(O)(CC)CNC(=O)c1cc(Cl)ccc1O. The number of aromatic hydroxyl groups is 1. The van der Waals surface area contributed by atoms with Crippen molar-refractivity contribution >= 4 is 17.5 Å². The molecule has 0 unspecified atom stereocenters. The summed E-state index contributed by atoms with van der Waals surface area (Å²) in [6.45, 7) is 3.85. The van der Waals surface area contributed by atoms with Crippen molar-refractivity contribution in [3.05, 3.63) is 28.8 Å². The second kappa shape index (κ2) is 6.07. The maximum absolute atomic E-state index is 11.9. The Morgan fingerprint density at radius 1 is 1.39 bits per heavy atom. The quantitative estimate of drug-likeness (QED) is 0.770. The van der Waals surface area contributed by atoms with Gasteiger partial charge in [-0.1, -0.05) is 25.4 Å². The topological polar surface area (TPSA) is 69.6 Å². The van der Waals surface area contributed by atoms with Crippen molar-refractivity contribution in [2.75, 3.05) is 6.54 Å². The van der Waals surface area contributed by atoms with E-state index >= 15 is 0 Å². The van der Waals surface area contributed by atoms with E-state index in [9.17, 15) is 15.0 Å². The first-order chi connectivity index (χ1) is 8.41. The molecule has 3 N–H and O–H groups in total. The molecule has 0 aliphatic carbocycles. The molecule has 0 fully saturated rings. The Bertz CT molecular complexity index is 430. The highest BCUT2D eigenvalue weighted by Gasteiger charge is 2.23. The van der Waals surface area contributed by atoms with Crippen LogP contribution in [0.3, 0.4) is 0 Å². The number of benzene rings is 1. The van der Waals surface area contributed by atoms with Crippen LogP contribution in [0, 0.1) is 0 Å². The molecule has 100 valence electrons. The molecule has 0 heterocycles. The summed E-state index contributed by atoms with van der Waals surface area (Å²) < 4.78 is 0. The minimum absolute atomic E-state index is 0.108. The van der Waals surface area contributed by atoms with Crippen LogP contribution in [-0.2, 0) is 0 Å². The lowest BCUT2D eigenvalue weighted by molar-refractivity contribution is 0.0313. The van der Waals surface area contributed by atoms with Crippen LogP contribution in [-0.4, -0.2) is 28.3 Å². The van der Waals surface area contributed by atoms with Gasteiger partial charge in [-0.3, -0.25) is 4.79 Å². The summed E-state index contributed by atoms with van der Waals surface area (Å²) in [6, 6.07) is 4.26. The Kier molecular flexibility index (Phi) is 4.99. The maximum Gasteiger partial charge on any atom is 0.255 e. The molecule has 1 aromatic rings. The number of halogens is 1. The Morgan fingerprint density at radius 2 is 2.00 bits per heavy atom. The monoisotopic (exact) mass is 271 g/mol. The first-order valence-electron chi connectivity index (χ1n) is 5.91. The van der Waals surface area contributed by atoms with Gasteiger partial charge in [-0.2, -0.15) is 0 Å². The third-order valence-electron chi connectivity index (χ3n) is 3.10. The average Bonchev–Trinajstić information content (AvgIpc) is 2.38. The summed E-state index contributed by atoms with van der Waals surface area (Å²) in [5.41, 5.74) is -0.804. The van der Waals surface area contributed by atoms with Crippen molar-refractivity contribution < 1.29 is 15.0 Å². The molecule has 5 heteroatoms. The second-order valence-corrected chi connectivity index (χ2v) is 4.71. The van der Waals surface area contributed by atoms with Gasteiger partial charge >= 0.3 is 0 Å². The van der Waals surface area contributed by atoms with Gasteiger partial charge in [0.25, 0.3) is 5.91 Å². The molecule has 0 spiro atoms. The summed E-state index contributed by atoms with van der Waals surface area (Å²) in [6.07, 6.45) is 1.09. The van der Waals surface area contributed by atoms with E-state index in [0.29, 0.717) is 17.9 Å². The fraction of sp³-hybridized carbons (Fsp3) is 0.462. The number of hydrogen-bond acceptors (Lipinski definition) is 3. The molecule has 0 saturated heterocycles. The third kappa shape index (κ3) is 3.62. The van der Waals surface area contributed by atoms with Gasteiger partial charge in [0.05, 0.1) is 11.2 Å². The predicted octanol–water partition coefficient (Wildman–Crippen LogP) is 2.33. The smallest absolute Gasteiger partial charge is 0.255 e. The lowest BCUT2D eigenvalue weighted by Crippen LogP contribution is -2.42. The van der Waals surface area contributed by atoms with E-state index in [0.717, 1.165) is 0 Å². The zero-order valence-corrected chi connectivity index (χ0v) is 11.3. The maximum atomic E-state index is 11.9. The Hall–Kier alpha value is -1.26. The number of phenols is 1. The molecule has 4 nitrogen and oxygen atoms in total. The molecule has 0 saturated carbocycles. The fourth-order valence-corrected chi connectivity index (χ4v) is 1.70. The van der Waals surface area contributed by atoms with E-state index in [1.54, 1.807) is 0 Å². The van der Waals surface area contributed by atoms with Gasteiger partial charge in [0, 0.05) is 11.6 Å². The second-order valence-electron chi connectivity index (χ2n) is 4.28. The molecular weight excluding hydrogens is 254 g/mol. The molecule has 0 aromatic heterocycles. The molecule has 0 atom stereocenters. The first kappa shape index (κ1) is 14.8. The molecule has 0 aliphatic heterocycles. The highest BCUT2D eigenvalue weighted by molar-refractivity contribution is 6.31. The van der Waals surface area contributed by atoms with E-state index in [4.69, 9.17) is 11.6 Å². The summed E-state index contributed by atoms with van der Waals surface area (Å²) in [7, 11) is 0. The molecular formula is C13H18ClNO3. The number of phenolic OH excluding ortho intramolecular Hbond substituents is 1. The van der Waals surface area contributed by atoms with Gasteiger partial charge in [0.2, 0.25) is 0 Å². The van der Waals surface area contributed by atoms with E-state index in [1.165, 1.54) is 18.2 Å². The van der Waals surface area contributed by atoms with Gasteiger partial charge in [0.1, 0.15) is 5.75 Å². The predicted molar refractivity (Wildman–Crippen MR) is 71.0 cm³/mol. The summed E-state index contributed by atoms with van der Waals surface area (Å²) in [4.78, 5) is 11.9. The standard InChI is InChI=1S/C13H18ClNO3/c1-3-13(18,4-2)8-15-12(17)10-7-9(14)5-6-11(10)16/h5-7,16,18H,3-4,8H2,1-2H3,(H,15,17). The van der Waals surface area contributed by atoms with Crippen molar-refractivity contribution in [1.82, 2.24) is 5.32 Å². The van der Waals surface area contributed by atoms with Crippen LogP contribution in [0.2, 0.25) is 5.02 Å². The van der Waals surface area contributed by atoms with Gasteiger partial charge < -0.3 is 15.5 Å². The molecule has 18 heavy (non-hydrogen) atoms. The van der Waals surface area contributed by atoms with Crippen LogP contribution >= 0.6 is 11.6 Å². The van der Waals surface area contributed by atoms with Crippen molar-refractivity contribution in [1.29, 1.82) is 0 Å². The summed E-state index contributed by atoms with van der Waals surface area (Å²) >= 11 is 5.77.